The predicted molar refractivity (Wildman–Crippen MR) is 160 cm³/mol. The largest absolute Gasteiger partial charge is 0.489 e. The molecule has 0 saturated heterocycles. The van der Waals surface area contributed by atoms with Crippen LogP contribution in [0, 0.1) is 0 Å². The number of hydrogen-bond acceptors (Lipinski definition) is 2. The SMILES string of the molecule is Cn1cc(C(CC(=O)NCCc2ccc(Cl)cc2Cl)c2cccc(OCc3ccccc3)c2)c2ccccc21. The van der Waals surface area contributed by atoms with Crippen molar-refractivity contribution in [1.82, 2.24) is 9.88 Å². The summed E-state index contributed by atoms with van der Waals surface area (Å²) in [5, 5.41) is 5.44. The second-order valence-electron chi connectivity index (χ2n) is 9.65. The number of carbonyl (C=O) groups excluding carboxylic acids is 1. The van der Waals surface area contributed by atoms with E-state index in [4.69, 9.17) is 27.9 Å². The van der Waals surface area contributed by atoms with Gasteiger partial charge in [-0.25, -0.2) is 0 Å². The maximum absolute atomic E-state index is 13.3. The number of aryl methyl sites for hydroxylation is 1. The molecule has 0 fully saturated rings. The molecule has 198 valence electrons. The molecule has 0 bridgehead atoms. The Morgan fingerprint density at radius 2 is 1.72 bits per heavy atom. The maximum Gasteiger partial charge on any atom is 0.220 e. The summed E-state index contributed by atoms with van der Waals surface area (Å²) in [7, 11) is 2.04. The van der Waals surface area contributed by atoms with Crippen molar-refractivity contribution >= 4 is 40.0 Å². The van der Waals surface area contributed by atoms with E-state index in [0.717, 1.165) is 38.9 Å². The molecule has 1 unspecified atom stereocenters. The molecule has 0 aliphatic rings. The number of rotatable bonds is 10. The Morgan fingerprint density at radius 3 is 2.54 bits per heavy atom. The van der Waals surface area contributed by atoms with Crippen LogP contribution in [-0.2, 0) is 24.9 Å². The number of halogens is 2. The average Bonchev–Trinajstić information content (AvgIpc) is 3.28. The molecule has 0 aliphatic carbocycles. The first kappa shape index (κ1) is 26.9. The molecular formula is C33H30Cl2N2O2. The van der Waals surface area contributed by atoms with Crippen molar-refractivity contribution in [2.75, 3.05) is 6.54 Å². The van der Waals surface area contributed by atoms with Crippen LogP contribution in [0.15, 0.2) is 103 Å². The van der Waals surface area contributed by atoms with Crippen LogP contribution >= 0.6 is 23.2 Å². The Bertz CT molecular complexity index is 1580. The highest BCUT2D eigenvalue weighted by Gasteiger charge is 2.23. The van der Waals surface area contributed by atoms with Gasteiger partial charge in [-0.15, -0.1) is 0 Å². The number of hydrogen-bond donors (Lipinski definition) is 1. The highest BCUT2D eigenvalue weighted by molar-refractivity contribution is 6.35. The van der Waals surface area contributed by atoms with Crippen LogP contribution in [0.25, 0.3) is 10.9 Å². The van der Waals surface area contributed by atoms with Gasteiger partial charge in [-0.05, 0) is 59.0 Å². The minimum atomic E-state index is -0.143. The van der Waals surface area contributed by atoms with Crippen LogP contribution in [0.5, 0.6) is 5.75 Å². The Kier molecular flexibility index (Phi) is 8.55. The highest BCUT2D eigenvalue weighted by Crippen LogP contribution is 2.36. The van der Waals surface area contributed by atoms with E-state index in [-0.39, 0.29) is 11.8 Å². The lowest BCUT2D eigenvalue weighted by Gasteiger charge is -2.18. The Labute approximate surface area is 239 Å². The summed E-state index contributed by atoms with van der Waals surface area (Å²) in [4.78, 5) is 13.3. The molecule has 0 saturated carbocycles. The lowest BCUT2D eigenvalue weighted by Crippen LogP contribution is -2.27. The van der Waals surface area contributed by atoms with E-state index in [1.165, 1.54) is 0 Å². The minimum absolute atomic E-state index is 0.0198. The van der Waals surface area contributed by atoms with Crippen molar-refractivity contribution < 1.29 is 9.53 Å². The summed E-state index contributed by atoms with van der Waals surface area (Å²) >= 11 is 12.3. The van der Waals surface area contributed by atoms with Crippen molar-refractivity contribution in [3.05, 3.63) is 136 Å². The van der Waals surface area contributed by atoms with Crippen molar-refractivity contribution in [2.45, 2.75) is 25.4 Å². The van der Waals surface area contributed by atoms with E-state index in [9.17, 15) is 4.79 Å². The smallest absolute Gasteiger partial charge is 0.220 e. The van der Waals surface area contributed by atoms with Gasteiger partial charge in [0.05, 0.1) is 0 Å². The topological polar surface area (TPSA) is 43.3 Å². The molecule has 1 amide bonds. The minimum Gasteiger partial charge on any atom is -0.489 e. The zero-order chi connectivity index (χ0) is 27.2. The molecule has 1 aromatic heterocycles. The lowest BCUT2D eigenvalue weighted by molar-refractivity contribution is -0.121. The first-order chi connectivity index (χ1) is 19.0. The third-order valence-corrected chi connectivity index (χ3v) is 7.52. The second kappa shape index (κ2) is 12.4. The van der Waals surface area contributed by atoms with Crippen molar-refractivity contribution in [3.8, 4) is 5.75 Å². The monoisotopic (exact) mass is 556 g/mol. The van der Waals surface area contributed by atoms with E-state index in [0.29, 0.717) is 36.0 Å². The lowest BCUT2D eigenvalue weighted by atomic mass is 9.88. The van der Waals surface area contributed by atoms with Crippen LogP contribution in [0.2, 0.25) is 10.0 Å². The standard InChI is InChI=1S/C33H30Cl2N2O2/c1-37-21-30(28-12-5-6-13-32(28)37)29(20-33(38)36-17-16-24-14-15-26(34)19-31(24)35)25-10-7-11-27(18-25)39-22-23-8-3-2-4-9-23/h2-15,18-19,21,29H,16-17,20,22H2,1H3,(H,36,38). The fourth-order valence-electron chi connectivity index (χ4n) is 4.94. The highest BCUT2D eigenvalue weighted by atomic mass is 35.5. The number of nitrogens with zero attached hydrogens (tertiary/aromatic N) is 1. The Hall–Kier alpha value is -3.73. The van der Waals surface area contributed by atoms with Gasteiger partial charge in [0.25, 0.3) is 0 Å². The van der Waals surface area contributed by atoms with E-state index < -0.39 is 0 Å². The summed E-state index contributed by atoms with van der Waals surface area (Å²) < 4.78 is 8.24. The number of carbonyl (C=O) groups is 1. The second-order valence-corrected chi connectivity index (χ2v) is 10.5. The average molecular weight is 558 g/mol. The molecular weight excluding hydrogens is 527 g/mol. The molecule has 0 spiro atoms. The zero-order valence-corrected chi connectivity index (χ0v) is 23.3. The molecule has 6 heteroatoms. The van der Waals surface area contributed by atoms with Gasteiger partial charge < -0.3 is 14.6 Å². The van der Waals surface area contributed by atoms with Gasteiger partial charge in [0.15, 0.2) is 0 Å². The van der Waals surface area contributed by atoms with Crippen molar-refractivity contribution in [3.63, 3.8) is 0 Å². The number of ether oxygens (including phenoxy) is 1. The third kappa shape index (κ3) is 6.65. The van der Waals surface area contributed by atoms with Gasteiger partial charge in [0.2, 0.25) is 5.91 Å². The molecule has 5 rings (SSSR count). The Balaban J connectivity index is 1.37. The van der Waals surface area contributed by atoms with Gasteiger partial charge >= 0.3 is 0 Å². The van der Waals surface area contributed by atoms with E-state index in [1.54, 1.807) is 6.07 Å². The van der Waals surface area contributed by atoms with Gasteiger partial charge in [0, 0.05) is 53.1 Å². The van der Waals surface area contributed by atoms with Crippen LogP contribution in [0.1, 0.15) is 34.6 Å². The predicted octanol–water partition coefficient (Wildman–Crippen LogP) is 7.95. The van der Waals surface area contributed by atoms with E-state index in [1.807, 2.05) is 73.8 Å². The van der Waals surface area contributed by atoms with Gasteiger partial charge in [-0.3, -0.25) is 4.79 Å². The van der Waals surface area contributed by atoms with Crippen LogP contribution in [0.4, 0.5) is 0 Å². The molecule has 4 aromatic carbocycles. The zero-order valence-electron chi connectivity index (χ0n) is 21.7. The van der Waals surface area contributed by atoms with Gasteiger partial charge in [-0.2, -0.15) is 0 Å². The molecule has 0 aliphatic heterocycles. The number of para-hydroxylation sites is 1. The van der Waals surface area contributed by atoms with Crippen LogP contribution in [-0.4, -0.2) is 17.0 Å². The number of nitrogens with one attached hydrogen (secondary N) is 1. The molecule has 39 heavy (non-hydrogen) atoms. The number of amides is 1. The first-order valence-corrected chi connectivity index (χ1v) is 13.7. The molecule has 1 atom stereocenters. The van der Waals surface area contributed by atoms with Crippen LogP contribution in [0.3, 0.4) is 0 Å². The first-order valence-electron chi connectivity index (χ1n) is 13.0. The molecule has 4 nitrogen and oxygen atoms in total. The molecule has 0 radical (unpaired) electrons. The molecule has 1 N–H and O–H groups in total. The normalized spacial score (nSPS) is 11.9. The summed E-state index contributed by atoms with van der Waals surface area (Å²) in [6.07, 6.45) is 3.07. The summed E-state index contributed by atoms with van der Waals surface area (Å²) in [5.41, 5.74) is 5.34. The quantitative estimate of drug-likeness (QED) is 0.189. The van der Waals surface area contributed by atoms with Gasteiger partial charge in [-0.1, -0.05) is 89.9 Å². The molecule has 5 aromatic rings. The van der Waals surface area contributed by atoms with Crippen molar-refractivity contribution in [1.29, 1.82) is 0 Å². The third-order valence-electron chi connectivity index (χ3n) is 6.93. The number of aromatic nitrogens is 1. The number of benzene rings is 4. The fourth-order valence-corrected chi connectivity index (χ4v) is 5.44. The summed E-state index contributed by atoms with van der Waals surface area (Å²) in [6.45, 7) is 0.972. The Morgan fingerprint density at radius 1 is 0.923 bits per heavy atom. The molecule has 1 heterocycles. The number of fused-ring (bicyclic) bond motifs is 1. The summed E-state index contributed by atoms with van der Waals surface area (Å²) in [6, 6.07) is 31.9. The van der Waals surface area contributed by atoms with Gasteiger partial charge in [0.1, 0.15) is 12.4 Å². The van der Waals surface area contributed by atoms with Crippen LogP contribution < -0.4 is 10.1 Å². The maximum atomic E-state index is 13.3. The summed E-state index contributed by atoms with van der Waals surface area (Å²) in [5.74, 6) is 0.614. The van der Waals surface area contributed by atoms with E-state index in [2.05, 4.69) is 40.3 Å². The fraction of sp³-hybridized carbons (Fsp3) is 0.182. The van der Waals surface area contributed by atoms with E-state index >= 15 is 0 Å². The van der Waals surface area contributed by atoms with Crippen molar-refractivity contribution in [2.24, 2.45) is 7.05 Å².